The number of aromatic amines is 1. The Morgan fingerprint density at radius 2 is 2.05 bits per heavy atom. The summed E-state index contributed by atoms with van der Waals surface area (Å²) in [6, 6.07) is 2.16. The standard InChI is InChI=1S/C10H5ClF4N4O/c11-6-7(18-19-8(6)10(13,14)15)9(20)17-5-2-1-4(12)3-16-5/h1-3H,(H,18,19)(H,16,17,20). The van der Waals surface area contributed by atoms with Crippen molar-refractivity contribution in [1.29, 1.82) is 0 Å². The van der Waals surface area contributed by atoms with Crippen LogP contribution in [0.25, 0.3) is 0 Å². The summed E-state index contributed by atoms with van der Waals surface area (Å²) in [6.45, 7) is 0. The fourth-order valence-corrected chi connectivity index (χ4v) is 1.57. The van der Waals surface area contributed by atoms with Crippen molar-refractivity contribution in [2.24, 2.45) is 0 Å². The van der Waals surface area contributed by atoms with E-state index in [-0.39, 0.29) is 5.82 Å². The fourth-order valence-electron chi connectivity index (χ4n) is 1.29. The number of carbonyl (C=O) groups excluding carboxylic acids is 1. The fraction of sp³-hybridized carbons (Fsp3) is 0.100. The molecule has 106 valence electrons. The van der Waals surface area contributed by atoms with Gasteiger partial charge in [-0.25, -0.2) is 9.37 Å². The lowest BCUT2D eigenvalue weighted by Gasteiger charge is -2.04. The number of alkyl halides is 3. The molecule has 2 heterocycles. The Hall–Kier alpha value is -2.16. The minimum atomic E-state index is -4.75. The van der Waals surface area contributed by atoms with Crippen LogP contribution >= 0.6 is 11.6 Å². The second kappa shape index (κ2) is 5.08. The van der Waals surface area contributed by atoms with Crippen LogP contribution < -0.4 is 5.32 Å². The average Bonchev–Trinajstić information content (AvgIpc) is 2.74. The van der Waals surface area contributed by atoms with E-state index in [1.54, 1.807) is 5.10 Å². The Bertz CT molecular complexity index is 638. The van der Waals surface area contributed by atoms with Gasteiger partial charge in [0, 0.05) is 0 Å². The van der Waals surface area contributed by atoms with Crippen LogP contribution in [0.1, 0.15) is 16.2 Å². The van der Waals surface area contributed by atoms with E-state index in [4.69, 9.17) is 11.6 Å². The van der Waals surface area contributed by atoms with Crippen LogP contribution in [0.3, 0.4) is 0 Å². The summed E-state index contributed by atoms with van der Waals surface area (Å²) in [5.74, 6) is -1.68. The number of carbonyl (C=O) groups is 1. The molecule has 0 saturated carbocycles. The zero-order valence-electron chi connectivity index (χ0n) is 9.42. The Kier molecular flexibility index (Phi) is 3.62. The molecule has 1 amide bonds. The molecule has 0 spiro atoms. The maximum atomic E-state index is 12.6. The van der Waals surface area contributed by atoms with Gasteiger partial charge in [0.25, 0.3) is 5.91 Å². The first-order chi connectivity index (χ1) is 9.29. The highest BCUT2D eigenvalue weighted by molar-refractivity contribution is 6.34. The number of halogens is 5. The number of nitrogens with one attached hydrogen (secondary N) is 2. The zero-order chi connectivity index (χ0) is 14.9. The molecular weight excluding hydrogens is 304 g/mol. The summed E-state index contributed by atoms with van der Waals surface area (Å²) in [7, 11) is 0. The highest BCUT2D eigenvalue weighted by Crippen LogP contribution is 2.34. The molecule has 2 aromatic heterocycles. The minimum absolute atomic E-state index is 0.0518. The topological polar surface area (TPSA) is 70.7 Å². The van der Waals surface area contributed by atoms with Crippen LogP contribution in [0, 0.1) is 5.82 Å². The molecule has 0 saturated heterocycles. The van der Waals surface area contributed by atoms with E-state index in [0.717, 1.165) is 18.3 Å². The molecule has 2 N–H and O–H groups in total. The molecule has 2 rings (SSSR count). The van der Waals surface area contributed by atoms with E-state index in [1.807, 2.05) is 0 Å². The Morgan fingerprint density at radius 3 is 2.55 bits per heavy atom. The van der Waals surface area contributed by atoms with Gasteiger partial charge in [0.05, 0.1) is 6.20 Å². The number of anilines is 1. The van der Waals surface area contributed by atoms with Gasteiger partial charge in [0.2, 0.25) is 0 Å². The van der Waals surface area contributed by atoms with Crippen molar-refractivity contribution >= 4 is 23.3 Å². The first-order valence-electron chi connectivity index (χ1n) is 5.03. The summed E-state index contributed by atoms with van der Waals surface area (Å²) in [4.78, 5) is 15.2. The van der Waals surface area contributed by atoms with Gasteiger partial charge in [0.1, 0.15) is 16.7 Å². The van der Waals surface area contributed by atoms with E-state index < -0.39 is 34.3 Å². The number of hydrogen-bond acceptors (Lipinski definition) is 3. The van der Waals surface area contributed by atoms with E-state index in [9.17, 15) is 22.4 Å². The predicted molar refractivity (Wildman–Crippen MR) is 60.7 cm³/mol. The van der Waals surface area contributed by atoms with Crippen molar-refractivity contribution < 1.29 is 22.4 Å². The number of aromatic nitrogens is 3. The number of H-pyrrole nitrogens is 1. The highest BCUT2D eigenvalue weighted by atomic mass is 35.5. The molecule has 0 unspecified atom stereocenters. The zero-order valence-corrected chi connectivity index (χ0v) is 10.2. The Morgan fingerprint density at radius 1 is 1.35 bits per heavy atom. The second-order valence-electron chi connectivity index (χ2n) is 3.57. The summed E-state index contributed by atoms with van der Waals surface area (Å²) in [5.41, 5.74) is -1.96. The first kappa shape index (κ1) is 14.3. The molecule has 10 heteroatoms. The van der Waals surface area contributed by atoms with Crippen molar-refractivity contribution in [2.75, 3.05) is 5.32 Å². The number of hydrogen-bond donors (Lipinski definition) is 2. The molecule has 0 bridgehead atoms. The first-order valence-corrected chi connectivity index (χ1v) is 5.41. The van der Waals surface area contributed by atoms with Crippen LogP contribution in [0.5, 0.6) is 0 Å². The summed E-state index contributed by atoms with van der Waals surface area (Å²) in [6.07, 6.45) is -3.92. The quantitative estimate of drug-likeness (QED) is 0.838. The van der Waals surface area contributed by atoms with Crippen molar-refractivity contribution in [3.8, 4) is 0 Å². The smallest absolute Gasteiger partial charge is 0.305 e. The lowest BCUT2D eigenvalue weighted by Crippen LogP contribution is -2.14. The lowest BCUT2D eigenvalue weighted by molar-refractivity contribution is -0.141. The van der Waals surface area contributed by atoms with Gasteiger partial charge < -0.3 is 5.32 Å². The molecule has 0 radical (unpaired) electrons. The van der Waals surface area contributed by atoms with Gasteiger partial charge in [-0.05, 0) is 12.1 Å². The van der Waals surface area contributed by atoms with Crippen LogP contribution in [0.15, 0.2) is 18.3 Å². The van der Waals surface area contributed by atoms with Gasteiger partial charge in [0.15, 0.2) is 11.4 Å². The molecule has 0 aliphatic rings. The van der Waals surface area contributed by atoms with E-state index in [2.05, 4.69) is 15.4 Å². The molecule has 2 aromatic rings. The number of amides is 1. The average molecular weight is 309 g/mol. The van der Waals surface area contributed by atoms with Gasteiger partial charge in [-0.3, -0.25) is 9.89 Å². The molecule has 0 aliphatic heterocycles. The summed E-state index contributed by atoms with van der Waals surface area (Å²) < 4.78 is 50.0. The minimum Gasteiger partial charge on any atom is -0.305 e. The molecule has 20 heavy (non-hydrogen) atoms. The van der Waals surface area contributed by atoms with Crippen LogP contribution in [-0.4, -0.2) is 21.1 Å². The lowest BCUT2D eigenvalue weighted by atomic mass is 10.3. The summed E-state index contributed by atoms with van der Waals surface area (Å²) in [5, 5.41) is 6.14. The summed E-state index contributed by atoms with van der Waals surface area (Å²) >= 11 is 5.44. The van der Waals surface area contributed by atoms with Crippen molar-refractivity contribution in [2.45, 2.75) is 6.18 Å². The van der Waals surface area contributed by atoms with Crippen molar-refractivity contribution in [3.63, 3.8) is 0 Å². The van der Waals surface area contributed by atoms with Gasteiger partial charge >= 0.3 is 6.18 Å². The highest BCUT2D eigenvalue weighted by Gasteiger charge is 2.38. The SMILES string of the molecule is O=C(Nc1ccc(F)cn1)c1n[nH]c(C(F)(F)F)c1Cl. The third-order valence-electron chi connectivity index (χ3n) is 2.17. The van der Waals surface area contributed by atoms with E-state index in [1.165, 1.54) is 0 Å². The van der Waals surface area contributed by atoms with Crippen molar-refractivity contribution in [1.82, 2.24) is 15.2 Å². The molecule has 0 aliphatic carbocycles. The van der Waals surface area contributed by atoms with Crippen LogP contribution in [-0.2, 0) is 6.18 Å². The van der Waals surface area contributed by atoms with Gasteiger partial charge in [-0.1, -0.05) is 11.6 Å². The largest absolute Gasteiger partial charge is 0.434 e. The molecule has 0 aromatic carbocycles. The second-order valence-corrected chi connectivity index (χ2v) is 3.95. The third kappa shape index (κ3) is 2.87. The number of pyridine rings is 1. The van der Waals surface area contributed by atoms with Crippen LogP contribution in [0.2, 0.25) is 5.02 Å². The molecule has 0 fully saturated rings. The van der Waals surface area contributed by atoms with Gasteiger partial charge in [-0.2, -0.15) is 18.3 Å². The molecular formula is C10H5ClF4N4O. The van der Waals surface area contributed by atoms with Gasteiger partial charge in [-0.15, -0.1) is 0 Å². The predicted octanol–water partition coefficient (Wildman–Crippen LogP) is 2.87. The number of rotatable bonds is 2. The van der Waals surface area contributed by atoms with E-state index in [0.29, 0.717) is 0 Å². The maximum absolute atomic E-state index is 12.6. The van der Waals surface area contributed by atoms with Crippen LogP contribution in [0.4, 0.5) is 23.4 Å². The molecule has 0 atom stereocenters. The van der Waals surface area contributed by atoms with Crippen molar-refractivity contribution in [3.05, 3.63) is 40.6 Å². The Labute approximate surface area is 114 Å². The van der Waals surface area contributed by atoms with E-state index >= 15 is 0 Å². The Balaban J connectivity index is 2.22. The monoisotopic (exact) mass is 308 g/mol. The maximum Gasteiger partial charge on any atom is 0.434 e. The number of nitrogens with zero attached hydrogens (tertiary/aromatic N) is 2. The third-order valence-corrected chi connectivity index (χ3v) is 2.54. The molecule has 5 nitrogen and oxygen atoms in total. The normalized spacial score (nSPS) is 11.4.